The summed E-state index contributed by atoms with van der Waals surface area (Å²) in [5.41, 5.74) is -0.191. The fourth-order valence-corrected chi connectivity index (χ4v) is 3.88. The van der Waals surface area contributed by atoms with Crippen LogP contribution >= 0.6 is 0 Å². The van der Waals surface area contributed by atoms with Crippen molar-refractivity contribution in [3.05, 3.63) is 90.6 Å². The molecule has 0 heterocycles. The normalized spacial score (nSPS) is 12.8. The Hall–Kier alpha value is -4.53. The highest BCUT2D eigenvalue weighted by Crippen LogP contribution is 2.35. The Labute approximate surface area is 261 Å². The number of benzene rings is 1. The van der Waals surface area contributed by atoms with Crippen LogP contribution in [0.3, 0.4) is 0 Å². The van der Waals surface area contributed by atoms with Crippen molar-refractivity contribution in [2.75, 3.05) is 6.54 Å². The van der Waals surface area contributed by atoms with Crippen molar-refractivity contribution in [1.82, 2.24) is 10.6 Å². The van der Waals surface area contributed by atoms with E-state index in [9.17, 15) is 34.8 Å². The van der Waals surface area contributed by atoms with E-state index in [-0.39, 0.29) is 17.9 Å². The van der Waals surface area contributed by atoms with E-state index in [0.717, 1.165) is 50.7 Å². The zero-order valence-electron chi connectivity index (χ0n) is 25.7. The molecule has 0 saturated carbocycles. The first-order valence-electron chi connectivity index (χ1n) is 15.2. The summed E-state index contributed by atoms with van der Waals surface area (Å²) in [5.74, 6) is -4.29. The average molecular weight is 609 g/mol. The second kappa shape index (κ2) is 24.0. The molecule has 0 radical (unpaired) electrons. The molecule has 1 rings (SSSR count). The predicted octanol–water partition coefficient (Wildman–Crippen LogP) is 6.75. The van der Waals surface area contributed by atoms with Crippen LogP contribution in [0.4, 0.5) is 0 Å². The molecule has 44 heavy (non-hydrogen) atoms. The molecule has 1 atom stereocenters. The van der Waals surface area contributed by atoms with Gasteiger partial charge in [0, 0.05) is 18.5 Å². The summed E-state index contributed by atoms with van der Waals surface area (Å²) in [7, 11) is 0. The number of phenolic OH excluding ortho intramolecular Hbond substituents is 3. The maximum absolute atomic E-state index is 12.3. The van der Waals surface area contributed by atoms with E-state index >= 15 is 0 Å². The molecule has 9 heteroatoms. The van der Waals surface area contributed by atoms with Crippen LogP contribution in [0, 0.1) is 0 Å². The number of carbonyl (C=O) groups is 3. The minimum Gasteiger partial charge on any atom is -0.504 e. The van der Waals surface area contributed by atoms with Gasteiger partial charge in [-0.3, -0.25) is 9.59 Å². The van der Waals surface area contributed by atoms with Crippen LogP contribution in [-0.2, 0) is 9.59 Å². The van der Waals surface area contributed by atoms with Crippen molar-refractivity contribution >= 4 is 17.8 Å². The van der Waals surface area contributed by atoms with Crippen LogP contribution in [0.25, 0.3) is 0 Å². The van der Waals surface area contributed by atoms with Crippen molar-refractivity contribution in [2.24, 2.45) is 0 Å². The Morgan fingerprint density at radius 2 is 1.20 bits per heavy atom. The highest BCUT2D eigenvalue weighted by molar-refractivity contribution is 5.97. The number of hydrogen-bond donors (Lipinski definition) is 6. The Balaban J connectivity index is 2.12. The summed E-state index contributed by atoms with van der Waals surface area (Å²) in [6.45, 7) is 2.53. The van der Waals surface area contributed by atoms with Gasteiger partial charge >= 0.3 is 5.97 Å². The number of nitrogens with one attached hydrogen (secondary N) is 2. The summed E-state index contributed by atoms with van der Waals surface area (Å²) < 4.78 is 0. The number of carbonyl (C=O) groups excluding carboxylic acids is 2. The summed E-state index contributed by atoms with van der Waals surface area (Å²) in [4.78, 5) is 35.9. The minimum absolute atomic E-state index is 0.0837. The quantitative estimate of drug-likeness (QED) is 0.0483. The largest absolute Gasteiger partial charge is 0.504 e. The van der Waals surface area contributed by atoms with Gasteiger partial charge in [-0.15, -0.1) is 0 Å². The first-order valence-corrected chi connectivity index (χ1v) is 15.2. The maximum Gasteiger partial charge on any atom is 0.326 e. The fraction of sp³-hybridized carbons (Fsp3) is 0.400. The van der Waals surface area contributed by atoms with Gasteiger partial charge in [-0.25, -0.2) is 4.79 Å². The third kappa shape index (κ3) is 18.1. The summed E-state index contributed by atoms with van der Waals surface area (Å²) in [6.07, 6.45) is 33.4. The van der Waals surface area contributed by atoms with Gasteiger partial charge in [-0.2, -0.15) is 0 Å². The van der Waals surface area contributed by atoms with Crippen molar-refractivity contribution in [3.8, 4) is 17.2 Å². The Morgan fingerprint density at radius 3 is 1.68 bits per heavy atom. The van der Waals surface area contributed by atoms with Gasteiger partial charge in [0.15, 0.2) is 17.2 Å². The fourth-order valence-electron chi connectivity index (χ4n) is 3.88. The zero-order valence-corrected chi connectivity index (χ0v) is 25.7. The van der Waals surface area contributed by atoms with Crippen molar-refractivity contribution < 1.29 is 34.8 Å². The Bertz CT molecular complexity index is 1170. The maximum atomic E-state index is 12.3. The standard InChI is InChI=1S/C35H48N2O7/c1-2-3-4-5-6-7-8-9-10-11-12-13-14-15-16-17-18-19-20-24-32(40)36-25-22-21-23-29(35(43)44)37-34(42)28-26-30(38)33(41)31(39)27-28/h3-4,6-7,9-10,12-13,15-16,18-19,26-27,29,38-39,41H,2,5,8,11,14,17,20-25H2,1H3,(H,36,40)(H,37,42)(H,43,44)/b4-3-,7-6-,10-9-,13-12-,16-15-,19-18-. The molecule has 0 aliphatic rings. The van der Waals surface area contributed by atoms with E-state index in [0.29, 0.717) is 32.2 Å². The lowest BCUT2D eigenvalue weighted by Gasteiger charge is -2.15. The van der Waals surface area contributed by atoms with Gasteiger partial charge in [-0.1, -0.05) is 79.8 Å². The second-order valence-electron chi connectivity index (χ2n) is 10.0. The third-order valence-corrected chi connectivity index (χ3v) is 6.31. The molecule has 0 aromatic heterocycles. The molecule has 0 bridgehead atoms. The summed E-state index contributed by atoms with van der Waals surface area (Å²) in [5, 5.41) is 43.0. The smallest absolute Gasteiger partial charge is 0.326 e. The van der Waals surface area contributed by atoms with E-state index in [4.69, 9.17) is 0 Å². The number of aliphatic carboxylic acids is 1. The van der Waals surface area contributed by atoms with Crippen molar-refractivity contribution in [3.63, 3.8) is 0 Å². The number of amides is 2. The minimum atomic E-state index is -1.23. The van der Waals surface area contributed by atoms with Crippen LogP contribution in [0.5, 0.6) is 17.2 Å². The molecule has 1 unspecified atom stereocenters. The van der Waals surface area contributed by atoms with E-state index < -0.39 is 35.2 Å². The molecule has 0 saturated heterocycles. The molecule has 1 aromatic carbocycles. The summed E-state index contributed by atoms with van der Waals surface area (Å²) >= 11 is 0. The van der Waals surface area contributed by atoms with Crippen molar-refractivity contribution in [2.45, 2.75) is 83.6 Å². The topological polar surface area (TPSA) is 156 Å². The number of unbranched alkanes of at least 4 members (excludes halogenated alkanes) is 1. The molecular formula is C35H48N2O7. The SMILES string of the molecule is CC/C=C\C/C=C\C/C=C\C/C=C\C/C=C\C/C=C\CCC(=O)NCCCCC(NC(=O)c1cc(O)c(O)c(O)c1)C(=O)O. The molecule has 0 fully saturated rings. The molecule has 0 spiro atoms. The molecular weight excluding hydrogens is 560 g/mol. The van der Waals surface area contributed by atoms with E-state index in [2.05, 4.69) is 78.3 Å². The highest BCUT2D eigenvalue weighted by atomic mass is 16.4. The third-order valence-electron chi connectivity index (χ3n) is 6.31. The average Bonchev–Trinajstić information content (AvgIpc) is 2.99. The Morgan fingerprint density at radius 1 is 0.727 bits per heavy atom. The molecule has 0 aliphatic carbocycles. The number of allylic oxidation sites excluding steroid dienone is 12. The molecule has 9 nitrogen and oxygen atoms in total. The molecule has 2 amide bonds. The van der Waals surface area contributed by atoms with E-state index in [1.54, 1.807) is 0 Å². The predicted molar refractivity (Wildman–Crippen MR) is 175 cm³/mol. The number of hydrogen-bond acceptors (Lipinski definition) is 6. The molecule has 1 aromatic rings. The van der Waals surface area contributed by atoms with Gasteiger partial charge in [0.2, 0.25) is 5.91 Å². The van der Waals surface area contributed by atoms with Gasteiger partial charge in [-0.05, 0) is 76.3 Å². The lowest BCUT2D eigenvalue weighted by molar-refractivity contribution is -0.139. The van der Waals surface area contributed by atoms with Gasteiger partial charge in [0.1, 0.15) is 6.04 Å². The lowest BCUT2D eigenvalue weighted by Crippen LogP contribution is -2.40. The van der Waals surface area contributed by atoms with Crippen LogP contribution in [0.15, 0.2) is 85.0 Å². The number of carboxylic acids is 1. The second-order valence-corrected chi connectivity index (χ2v) is 10.0. The monoisotopic (exact) mass is 608 g/mol. The van der Waals surface area contributed by atoms with E-state index in [1.165, 1.54) is 0 Å². The first kappa shape index (κ1) is 37.5. The van der Waals surface area contributed by atoms with Crippen LogP contribution < -0.4 is 10.6 Å². The van der Waals surface area contributed by atoms with Crippen LogP contribution in [0.2, 0.25) is 0 Å². The number of carboxylic acid groups (broad SMARTS) is 1. The number of phenols is 3. The number of aromatic hydroxyl groups is 3. The Kier molecular flexibility index (Phi) is 20.4. The first-order chi connectivity index (χ1) is 21.3. The zero-order chi connectivity index (χ0) is 32.4. The van der Waals surface area contributed by atoms with Crippen molar-refractivity contribution in [1.29, 1.82) is 0 Å². The van der Waals surface area contributed by atoms with Gasteiger partial charge in [0.05, 0.1) is 0 Å². The van der Waals surface area contributed by atoms with Crippen LogP contribution in [0.1, 0.15) is 87.9 Å². The highest BCUT2D eigenvalue weighted by Gasteiger charge is 2.22. The molecule has 240 valence electrons. The van der Waals surface area contributed by atoms with Gasteiger partial charge < -0.3 is 31.1 Å². The lowest BCUT2D eigenvalue weighted by atomic mass is 10.1. The number of rotatable bonds is 22. The van der Waals surface area contributed by atoms with Crippen LogP contribution in [-0.4, -0.2) is 50.8 Å². The van der Waals surface area contributed by atoms with Gasteiger partial charge in [0.25, 0.3) is 5.91 Å². The molecule has 0 aliphatic heterocycles. The van der Waals surface area contributed by atoms with E-state index in [1.807, 2.05) is 12.2 Å². The summed E-state index contributed by atoms with van der Waals surface area (Å²) in [6, 6.07) is 0.669. The molecule has 6 N–H and O–H groups in total.